The molecule has 2 rings (SSSR count). The Morgan fingerprint density at radius 3 is 2.55 bits per heavy atom. The minimum absolute atomic E-state index is 0.0942. The molecule has 1 aliphatic carbocycles. The van der Waals surface area contributed by atoms with Gasteiger partial charge in [-0.15, -0.1) is 0 Å². The van der Waals surface area contributed by atoms with Crippen LogP contribution in [0.4, 0.5) is 0 Å². The van der Waals surface area contributed by atoms with E-state index in [0.717, 1.165) is 12.0 Å². The lowest BCUT2D eigenvalue weighted by Gasteiger charge is -2.49. The smallest absolute Gasteiger partial charge is 0.179 e. The Labute approximate surface area is 125 Å². The zero-order valence-corrected chi connectivity index (χ0v) is 13.1. The van der Waals surface area contributed by atoms with Crippen LogP contribution in [-0.4, -0.2) is 31.5 Å². The van der Waals surface area contributed by atoms with Crippen molar-refractivity contribution in [2.24, 2.45) is 5.41 Å². The minimum Gasteiger partial charge on any atom is -0.493 e. The minimum atomic E-state index is -0.235. The molecule has 2 atom stereocenters. The third-order valence-corrected chi connectivity index (χ3v) is 4.73. The van der Waals surface area contributed by atoms with Gasteiger partial charge in [0.05, 0.1) is 25.3 Å². The monoisotopic (exact) mass is 299 g/mol. The lowest BCUT2D eigenvalue weighted by Crippen LogP contribution is -2.59. The Hall–Kier alpha value is -0.970. The average Bonchev–Trinajstić information content (AvgIpc) is 2.44. The number of aliphatic hydroxyl groups excluding tert-OH is 1. The van der Waals surface area contributed by atoms with E-state index in [0.29, 0.717) is 29.1 Å². The molecule has 0 saturated heterocycles. The van der Waals surface area contributed by atoms with Gasteiger partial charge in [0, 0.05) is 18.0 Å². The summed E-state index contributed by atoms with van der Waals surface area (Å²) in [5, 5.41) is 13.8. The fourth-order valence-corrected chi connectivity index (χ4v) is 2.85. The summed E-state index contributed by atoms with van der Waals surface area (Å²) >= 11 is 6.34. The number of ether oxygens (including phenoxy) is 2. The zero-order valence-electron chi connectivity index (χ0n) is 12.4. The summed E-state index contributed by atoms with van der Waals surface area (Å²) in [7, 11) is 3.16. The normalized spacial score (nSPS) is 24.1. The molecule has 4 nitrogen and oxygen atoms in total. The second-order valence-corrected chi connectivity index (χ2v) is 6.16. The highest BCUT2D eigenvalue weighted by molar-refractivity contribution is 6.33. The third-order valence-electron chi connectivity index (χ3n) is 4.32. The van der Waals surface area contributed by atoms with Crippen molar-refractivity contribution in [1.29, 1.82) is 0 Å². The lowest BCUT2D eigenvalue weighted by atomic mass is 9.64. The van der Waals surface area contributed by atoms with Crippen molar-refractivity contribution in [1.82, 2.24) is 5.32 Å². The number of hydrogen-bond donors (Lipinski definition) is 2. The summed E-state index contributed by atoms with van der Waals surface area (Å²) in [6.07, 6.45) is 0.540. The molecular weight excluding hydrogens is 278 g/mol. The highest BCUT2D eigenvalue weighted by atomic mass is 35.5. The van der Waals surface area contributed by atoms with Crippen molar-refractivity contribution < 1.29 is 14.6 Å². The van der Waals surface area contributed by atoms with E-state index in [1.54, 1.807) is 14.2 Å². The first-order valence-corrected chi connectivity index (χ1v) is 7.10. The molecule has 0 spiro atoms. The number of halogens is 1. The first-order chi connectivity index (χ1) is 9.41. The SMILES string of the molecule is COc1ccc(CNC2CC(O)C2(C)C)c(Cl)c1OC. The van der Waals surface area contributed by atoms with Gasteiger partial charge < -0.3 is 19.9 Å². The van der Waals surface area contributed by atoms with Crippen LogP contribution in [0.1, 0.15) is 25.8 Å². The molecule has 1 fully saturated rings. The molecule has 0 aromatic heterocycles. The highest BCUT2D eigenvalue weighted by Crippen LogP contribution is 2.41. The third kappa shape index (κ3) is 2.60. The van der Waals surface area contributed by atoms with Gasteiger partial charge in [-0.25, -0.2) is 0 Å². The maximum Gasteiger partial charge on any atom is 0.179 e. The maximum atomic E-state index is 9.75. The molecule has 0 bridgehead atoms. The molecule has 0 aliphatic heterocycles. The fourth-order valence-electron chi connectivity index (χ4n) is 2.55. The fraction of sp³-hybridized carbons (Fsp3) is 0.600. The number of hydrogen-bond acceptors (Lipinski definition) is 4. The highest BCUT2D eigenvalue weighted by Gasteiger charge is 2.46. The van der Waals surface area contributed by atoms with Gasteiger partial charge in [0.1, 0.15) is 0 Å². The van der Waals surface area contributed by atoms with Gasteiger partial charge in [0.2, 0.25) is 0 Å². The first kappa shape index (κ1) is 15.4. The Kier molecular flexibility index (Phi) is 4.47. The van der Waals surface area contributed by atoms with Gasteiger partial charge in [-0.1, -0.05) is 31.5 Å². The van der Waals surface area contributed by atoms with E-state index < -0.39 is 0 Å². The van der Waals surface area contributed by atoms with Crippen molar-refractivity contribution in [2.75, 3.05) is 14.2 Å². The van der Waals surface area contributed by atoms with Gasteiger partial charge in [0.25, 0.3) is 0 Å². The van der Waals surface area contributed by atoms with Crippen molar-refractivity contribution in [3.63, 3.8) is 0 Å². The Morgan fingerprint density at radius 2 is 2.05 bits per heavy atom. The lowest BCUT2D eigenvalue weighted by molar-refractivity contribution is -0.0729. The van der Waals surface area contributed by atoms with Crippen molar-refractivity contribution in [2.45, 2.75) is 39.0 Å². The van der Waals surface area contributed by atoms with Crippen LogP contribution in [0.3, 0.4) is 0 Å². The molecule has 0 radical (unpaired) electrons. The van der Waals surface area contributed by atoms with E-state index in [1.807, 2.05) is 12.1 Å². The second-order valence-electron chi connectivity index (χ2n) is 5.78. The van der Waals surface area contributed by atoms with Crippen LogP contribution in [0.15, 0.2) is 12.1 Å². The van der Waals surface area contributed by atoms with E-state index >= 15 is 0 Å². The molecular formula is C15H22ClNO3. The van der Waals surface area contributed by atoms with Crippen LogP contribution in [0.2, 0.25) is 5.02 Å². The first-order valence-electron chi connectivity index (χ1n) is 6.72. The molecule has 0 heterocycles. The van der Waals surface area contributed by atoms with Crippen LogP contribution >= 0.6 is 11.6 Å². The van der Waals surface area contributed by atoms with Crippen LogP contribution in [0, 0.1) is 5.41 Å². The summed E-state index contributed by atoms with van der Waals surface area (Å²) in [6, 6.07) is 4.07. The maximum absolute atomic E-state index is 9.75. The largest absolute Gasteiger partial charge is 0.493 e. The number of benzene rings is 1. The van der Waals surface area contributed by atoms with Gasteiger partial charge in [0.15, 0.2) is 11.5 Å². The zero-order chi connectivity index (χ0) is 14.9. The summed E-state index contributed by atoms with van der Waals surface area (Å²) in [4.78, 5) is 0. The van der Waals surface area contributed by atoms with Crippen LogP contribution in [-0.2, 0) is 6.54 Å². The van der Waals surface area contributed by atoms with Crippen LogP contribution < -0.4 is 14.8 Å². The number of aliphatic hydroxyl groups is 1. The Balaban J connectivity index is 2.07. The van der Waals surface area contributed by atoms with Gasteiger partial charge in [-0.2, -0.15) is 0 Å². The Bertz CT molecular complexity index is 490. The summed E-state index contributed by atoms with van der Waals surface area (Å²) in [5.41, 5.74) is 0.866. The molecule has 2 unspecified atom stereocenters. The molecule has 1 saturated carbocycles. The predicted octanol–water partition coefficient (Wildman–Crippen LogP) is 2.61. The van der Waals surface area contributed by atoms with E-state index in [9.17, 15) is 5.11 Å². The average molecular weight is 300 g/mol. The molecule has 0 amide bonds. The van der Waals surface area contributed by atoms with Gasteiger partial charge in [-0.3, -0.25) is 0 Å². The molecule has 20 heavy (non-hydrogen) atoms. The topological polar surface area (TPSA) is 50.7 Å². The predicted molar refractivity (Wildman–Crippen MR) is 79.6 cm³/mol. The van der Waals surface area contributed by atoms with E-state index in [-0.39, 0.29) is 11.5 Å². The van der Waals surface area contributed by atoms with Crippen molar-refractivity contribution in [3.8, 4) is 11.5 Å². The summed E-state index contributed by atoms with van der Waals surface area (Å²) in [5.74, 6) is 1.18. The van der Waals surface area contributed by atoms with E-state index in [2.05, 4.69) is 19.2 Å². The molecule has 112 valence electrons. The standard InChI is InChI=1S/C15H22ClNO3/c1-15(2)11(7-12(15)18)17-8-9-5-6-10(19-3)14(20-4)13(9)16/h5-6,11-12,17-18H,7-8H2,1-4H3. The van der Waals surface area contributed by atoms with Gasteiger partial charge >= 0.3 is 0 Å². The van der Waals surface area contributed by atoms with Crippen molar-refractivity contribution in [3.05, 3.63) is 22.7 Å². The summed E-state index contributed by atoms with van der Waals surface area (Å²) < 4.78 is 10.5. The molecule has 5 heteroatoms. The Morgan fingerprint density at radius 1 is 1.35 bits per heavy atom. The van der Waals surface area contributed by atoms with Gasteiger partial charge in [-0.05, 0) is 18.1 Å². The molecule has 1 aromatic rings. The quantitative estimate of drug-likeness (QED) is 0.877. The number of nitrogens with one attached hydrogen (secondary N) is 1. The molecule has 2 N–H and O–H groups in total. The van der Waals surface area contributed by atoms with Crippen molar-refractivity contribution >= 4 is 11.6 Å². The summed E-state index contributed by atoms with van der Waals surface area (Å²) in [6.45, 7) is 4.77. The van der Waals surface area contributed by atoms with E-state index in [4.69, 9.17) is 21.1 Å². The van der Waals surface area contributed by atoms with Crippen LogP contribution in [0.5, 0.6) is 11.5 Å². The molecule has 1 aromatic carbocycles. The van der Waals surface area contributed by atoms with E-state index in [1.165, 1.54) is 0 Å². The number of methoxy groups -OCH3 is 2. The van der Waals surface area contributed by atoms with Crippen LogP contribution in [0.25, 0.3) is 0 Å². The molecule has 1 aliphatic rings. The number of rotatable bonds is 5. The second kappa shape index (κ2) is 5.80.